The van der Waals surface area contributed by atoms with Crippen molar-refractivity contribution in [1.29, 1.82) is 0 Å². The molecule has 0 unspecified atom stereocenters. The number of hydrogen-bond acceptors (Lipinski definition) is 6. The van der Waals surface area contributed by atoms with Gasteiger partial charge in [-0.15, -0.1) is 0 Å². The van der Waals surface area contributed by atoms with Crippen molar-refractivity contribution in [2.75, 3.05) is 17.2 Å². The van der Waals surface area contributed by atoms with E-state index in [1.54, 1.807) is 0 Å². The lowest BCUT2D eigenvalue weighted by atomic mass is 10.0. The molecule has 0 saturated heterocycles. The second-order valence-electron chi connectivity index (χ2n) is 7.73. The van der Waals surface area contributed by atoms with Crippen molar-refractivity contribution in [1.82, 2.24) is 4.98 Å². The molecule has 0 spiro atoms. The van der Waals surface area contributed by atoms with Crippen molar-refractivity contribution in [3.05, 3.63) is 63.5 Å². The molecule has 13 heteroatoms. The Bertz CT molecular complexity index is 1180. The predicted molar refractivity (Wildman–Crippen MR) is 111 cm³/mol. The molecule has 0 amide bonds. The van der Waals surface area contributed by atoms with Gasteiger partial charge >= 0.3 is 5.97 Å². The van der Waals surface area contributed by atoms with Gasteiger partial charge in [-0.3, -0.25) is 4.79 Å². The summed E-state index contributed by atoms with van der Waals surface area (Å²) in [7, 11) is 0. The van der Waals surface area contributed by atoms with Crippen molar-refractivity contribution < 1.29 is 40.7 Å². The van der Waals surface area contributed by atoms with E-state index in [1.807, 2.05) is 5.32 Å². The number of benzene rings is 1. The van der Waals surface area contributed by atoms with E-state index in [0.29, 0.717) is 6.20 Å². The van der Waals surface area contributed by atoms with Crippen LogP contribution in [0.3, 0.4) is 0 Å². The lowest BCUT2D eigenvalue weighted by molar-refractivity contribution is -0.138. The Kier molecular flexibility index (Phi) is 8.19. The number of pyridine rings is 1. The number of ether oxygens (including phenoxy) is 1. The standard InChI is InChI=1S/C21H18ClF6N3O3/c1-5-34-20(33)9(17(32)8-6-10(23)13(25)11(22)12(8)24)7-29-19-15(27)16(31-21(2,3)4)14(26)18(28)30-19/h6-7H,5H2,1-4H3,(H2,29,30,31). The van der Waals surface area contributed by atoms with Crippen LogP contribution in [0.15, 0.2) is 17.8 Å². The Morgan fingerprint density at radius 3 is 2.24 bits per heavy atom. The molecule has 1 heterocycles. The Hall–Kier alpha value is -3.28. The smallest absolute Gasteiger partial charge is 0.343 e. The van der Waals surface area contributed by atoms with E-state index in [-0.39, 0.29) is 12.7 Å². The first-order valence-corrected chi connectivity index (χ1v) is 9.91. The number of halogens is 7. The van der Waals surface area contributed by atoms with Gasteiger partial charge in [0.15, 0.2) is 29.1 Å². The molecule has 34 heavy (non-hydrogen) atoms. The fourth-order valence-electron chi connectivity index (χ4n) is 2.54. The van der Waals surface area contributed by atoms with Crippen LogP contribution in [0.4, 0.5) is 37.8 Å². The van der Waals surface area contributed by atoms with E-state index in [0.717, 1.165) is 0 Å². The van der Waals surface area contributed by atoms with Crippen LogP contribution in [0, 0.1) is 35.0 Å². The monoisotopic (exact) mass is 509 g/mol. The Morgan fingerprint density at radius 1 is 1.06 bits per heavy atom. The lowest BCUT2D eigenvalue weighted by Gasteiger charge is -2.23. The van der Waals surface area contributed by atoms with E-state index < -0.39 is 80.0 Å². The number of ketones is 1. The number of nitrogens with zero attached hydrogens (tertiary/aromatic N) is 1. The Morgan fingerprint density at radius 2 is 1.68 bits per heavy atom. The minimum absolute atomic E-state index is 0.160. The Balaban J connectivity index is 2.58. The summed E-state index contributed by atoms with van der Waals surface area (Å²) < 4.78 is 88.9. The Labute approximate surface area is 195 Å². The number of hydrogen-bond donors (Lipinski definition) is 2. The van der Waals surface area contributed by atoms with Gasteiger partial charge in [0.2, 0.25) is 11.6 Å². The van der Waals surface area contributed by atoms with Crippen LogP contribution in [0.1, 0.15) is 38.1 Å². The number of carbonyl (C=O) groups is 2. The number of aromatic nitrogens is 1. The molecule has 2 N–H and O–H groups in total. The molecular weight excluding hydrogens is 492 g/mol. The molecule has 184 valence electrons. The summed E-state index contributed by atoms with van der Waals surface area (Å²) in [5.41, 5.74) is -3.96. The first-order valence-electron chi connectivity index (χ1n) is 9.53. The predicted octanol–water partition coefficient (Wildman–Crippen LogP) is 5.52. The van der Waals surface area contributed by atoms with Crippen LogP contribution in [-0.2, 0) is 9.53 Å². The SMILES string of the molecule is CCOC(=O)C(=CNc1nc(F)c(F)c(NC(C)(C)C)c1F)C(=O)c1cc(F)c(F)c(Cl)c1F. The minimum Gasteiger partial charge on any atom is -0.462 e. The third-order valence-corrected chi connectivity index (χ3v) is 4.31. The molecule has 0 fully saturated rings. The van der Waals surface area contributed by atoms with Gasteiger partial charge in [-0.1, -0.05) is 11.6 Å². The van der Waals surface area contributed by atoms with E-state index in [9.17, 15) is 35.9 Å². The summed E-state index contributed by atoms with van der Waals surface area (Å²) in [6.07, 6.45) is 0.471. The second kappa shape index (κ2) is 10.3. The fraction of sp³-hybridized carbons (Fsp3) is 0.286. The van der Waals surface area contributed by atoms with Crippen molar-refractivity contribution in [3.63, 3.8) is 0 Å². The van der Waals surface area contributed by atoms with Crippen LogP contribution in [0.25, 0.3) is 0 Å². The largest absolute Gasteiger partial charge is 0.462 e. The first kappa shape index (κ1) is 27.0. The van der Waals surface area contributed by atoms with E-state index in [2.05, 4.69) is 15.0 Å². The van der Waals surface area contributed by atoms with Gasteiger partial charge in [0, 0.05) is 11.7 Å². The highest BCUT2D eigenvalue weighted by Gasteiger charge is 2.29. The maximum absolute atomic E-state index is 14.8. The van der Waals surface area contributed by atoms with Crippen LogP contribution in [-0.4, -0.2) is 28.9 Å². The summed E-state index contributed by atoms with van der Waals surface area (Å²) in [5, 5.41) is 3.09. The quantitative estimate of drug-likeness (QED) is 0.0589. The van der Waals surface area contributed by atoms with E-state index in [4.69, 9.17) is 11.6 Å². The van der Waals surface area contributed by atoms with Gasteiger partial charge in [0.25, 0.3) is 5.95 Å². The third-order valence-electron chi connectivity index (χ3n) is 3.98. The highest BCUT2D eigenvalue weighted by molar-refractivity contribution is 6.32. The zero-order valence-corrected chi connectivity index (χ0v) is 18.9. The topological polar surface area (TPSA) is 80.3 Å². The van der Waals surface area contributed by atoms with Crippen LogP contribution < -0.4 is 10.6 Å². The molecule has 0 aliphatic rings. The van der Waals surface area contributed by atoms with Gasteiger partial charge in [-0.2, -0.15) is 13.8 Å². The second-order valence-corrected chi connectivity index (χ2v) is 8.11. The van der Waals surface area contributed by atoms with Gasteiger partial charge in [0.05, 0.1) is 12.2 Å². The van der Waals surface area contributed by atoms with Gasteiger partial charge in [-0.05, 0) is 33.8 Å². The molecule has 6 nitrogen and oxygen atoms in total. The third kappa shape index (κ3) is 5.79. The number of rotatable bonds is 7. The van der Waals surface area contributed by atoms with Crippen molar-refractivity contribution in [3.8, 4) is 0 Å². The van der Waals surface area contributed by atoms with E-state index in [1.165, 1.54) is 27.7 Å². The fourth-order valence-corrected chi connectivity index (χ4v) is 2.74. The summed E-state index contributed by atoms with van der Waals surface area (Å²) in [6.45, 7) is 5.72. The molecule has 2 rings (SSSR count). The van der Waals surface area contributed by atoms with Crippen molar-refractivity contribution >= 4 is 34.9 Å². The summed E-state index contributed by atoms with van der Waals surface area (Å²) >= 11 is 5.34. The normalized spacial score (nSPS) is 11.9. The highest BCUT2D eigenvalue weighted by Crippen LogP contribution is 2.29. The van der Waals surface area contributed by atoms with Gasteiger partial charge in [0.1, 0.15) is 16.3 Å². The summed E-state index contributed by atoms with van der Waals surface area (Å²) in [6, 6.07) is 0.160. The number of Topliss-reactive ketones (excluding diaryl/α,β-unsaturated/α-hetero) is 1. The van der Waals surface area contributed by atoms with Crippen molar-refractivity contribution in [2.45, 2.75) is 33.2 Å². The van der Waals surface area contributed by atoms with Crippen molar-refractivity contribution in [2.24, 2.45) is 0 Å². The number of carbonyl (C=O) groups excluding carboxylic acids is 2. The van der Waals surface area contributed by atoms with Crippen LogP contribution in [0.5, 0.6) is 0 Å². The molecule has 1 aromatic heterocycles. The zero-order valence-electron chi connectivity index (χ0n) is 18.2. The average molecular weight is 510 g/mol. The molecule has 0 atom stereocenters. The molecule has 0 saturated carbocycles. The minimum atomic E-state index is -1.76. The molecular formula is C21H18ClF6N3O3. The highest BCUT2D eigenvalue weighted by atomic mass is 35.5. The molecule has 0 bridgehead atoms. The molecule has 0 aliphatic heterocycles. The molecule has 2 aromatic rings. The lowest BCUT2D eigenvalue weighted by Crippen LogP contribution is -2.28. The summed E-state index contributed by atoms with van der Waals surface area (Å²) in [4.78, 5) is 28.0. The van der Waals surface area contributed by atoms with Crippen LogP contribution >= 0.6 is 11.6 Å². The maximum Gasteiger partial charge on any atom is 0.343 e. The number of esters is 1. The number of nitrogens with one attached hydrogen (secondary N) is 2. The zero-order chi connectivity index (χ0) is 26.0. The molecule has 0 aliphatic carbocycles. The van der Waals surface area contributed by atoms with Gasteiger partial charge < -0.3 is 15.4 Å². The van der Waals surface area contributed by atoms with Gasteiger partial charge in [-0.25, -0.2) is 22.4 Å². The first-order chi connectivity index (χ1) is 15.7. The average Bonchev–Trinajstić information content (AvgIpc) is 2.75. The molecule has 1 aromatic carbocycles. The summed E-state index contributed by atoms with van der Waals surface area (Å²) in [5.74, 6) is -13.7. The maximum atomic E-state index is 14.8. The van der Waals surface area contributed by atoms with Crippen LogP contribution in [0.2, 0.25) is 5.02 Å². The van der Waals surface area contributed by atoms with E-state index >= 15 is 0 Å². The number of anilines is 2. The molecule has 0 radical (unpaired) electrons.